The van der Waals surface area contributed by atoms with E-state index in [1.807, 2.05) is 0 Å². The molecule has 2 rings (SSSR count). The van der Waals surface area contributed by atoms with Crippen molar-refractivity contribution < 1.29 is 14.3 Å². The Morgan fingerprint density at radius 2 is 2.10 bits per heavy atom. The molecule has 0 fully saturated rings. The number of primary amides is 1. The Morgan fingerprint density at radius 3 is 2.71 bits per heavy atom. The molecule has 2 aromatic rings. The summed E-state index contributed by atoms with van der Waals surface area (Å²) in [6.07, 6.45) is 1.48. The van der Waals surface area contributed by atoms with Crippen molar-refractivity contribution in [3.05, 3.63) is 52.8 Å². The number of carbonyl (C=O) groups is 2. The molecule has 0 spiro atoms. The number of rotatable bonds is 4. The van der Waals surface area contributed by atoms with Crippen LogP contribution in [0.4, 0.5) is 5.69 Å². The highest BCUT2D eigenvalue weighted by Gasteiger charge is 2.14. The summed E-state index contributed by atoms with van der Waals surface area (Å²) in [7, 11) is 1.45. The molecule has 7 heteroatoms. The summed E-state index contributed by atoms with van der Waals surface area (Å²) in [6.45, 7) is 0. The third-order valence-corrected chi connectivity index (χ3v) is 3.04. The number of carbonyl (C=O) groups excluding carboxylic acids is 2. The molecule has 0 atom stereocenters. The Balaban J connectivity index is 2.34. The number of ether oxygens (including phenoxy) is 1. The van der Waals surface area contributed by atoms with E-state index >= 15 is 0 Å². The molecule has 0 radical (unpaired) electrons. The second-order valence-corrected chi connectivity index (χ2v) is 4.43. The van der Waals surface area contributed by atoms with E-state index in [0.29, 0.717) is 11.4 Å². The van der Waals surface area contributed by atoms with Gasteiger partial charge in [0, 0.05) is 11.8 Å². The highest BCUT2D eigenvalue weighted by molar-refractivity contribution is 6.33. The number of nitrogens with one attached hydrogen (secondary N) is 1. The lowest BCUT2D eigenvalue weighted by Crippen LogP contribution is -2.15. The van der Waals surface area contributed by atoms with Crippen molar-refractivity contribution in [1.29, 1.82) is 0 Å². The molecule has 6 nitrogen and oxygen atoms in total. The van der Waals surface area contributed by atoms with E-state index in [1.165, 1.54) is 31.5 Å². The van der Waals surface area contributed by atoms with Crippen LogP contribution in [0.1, 0.15) is 20.7 Å². The molecule has 1 aromatic heterocycles. The molecule has 1 heterocycles. The zero-order valence-electron chi connectivity index (χ0n) is 11.1. The van der Waals surface area contributed by atoms with Crippen LogP contribution in [0.25, 0.3) is 0 Å². The normalized spacial score (nSPS) is 10.0. The number of nitrogens with two attached hydrogens (primary N) is 1. The molecule has 0 saturated heterocycles. The van der Waals surface area contributed by atoms with Crippen molar-refractivity contribution in [3.8, 4) is 5.75 Å². The summed E-state index contributed by atoms with van der Waals surface area (Å²) >= 11 is 5.86. The van der Waals surface area contributed by atoms with E-state index in [9.17, 15) is 9.59 Å². The molecule has 0 aliphatic heterocycles. The summed E-state index contributed by atoms with van der Waals surface area (Å²) in [6, 6.07) is 7.62. The van der Waals surface area contributed by atoms with Gasteiger partial charge in [-0.25, -0.2) is 4.98 Å². The number of amides is 2. The minimum Gasteiger partial charge on any atom is -0.495 e. The van der Waals surface area contributed by atoms with Crippen molar-refractivity contribution in [2.75, 3.05) is 12.4 Å². The van der Waals surface area contributed by atoms with Gasteiger partial charge in [-0.15, -0.1) is 0 Å². The standard InChI is InChI=1S/C14H12ClN3O3/c1-21-11-5-4-8(13(16)19)7-10(11)18-14(20)9-3-2-6-17-12(9)15/h2-7H,1H3,(H2,16,19)(H,18,20). The molecule has 0 aliphatic rings. The summed E-state index contributed by atoms with van der Waals surface area (Å²) in [5.74, 6) is -0.672. The van der Waals surface area contributed by atoms with Crippen molar-refractivity contribution in [2.24, 2.45) is 5.73 Å². The molecule has 21 heavy (non-hydrogen) atoms. The Kier molecular flexibility index (Phi) is 4.39. The van der Waals surface area contributed by atoms with E-state index in [4.69, 9.17) is 22.1 Å². The number of methoxy groups -OCH3 is 1. The van der Waals surface area contributed by atoms with Crippen molar-refractivity contribution in [1.82, 2.24) is 4.98 Å². The highest BCUT2D eigenvalue weighted by atomic mass is 35.5. The van der Waals surface area contributed by atoms with Crippen LogP contribution in [0, 0.1) is 0 Å². The zero-order valence-corrected chi connectivity index (χ0v) is 11.8. The van der Waals surface area contributed by atoms with Crippen LogP contribution in [0.3, 0.4) is 0 Å². The quantitative estimate of drug-likeness (QED) is 0.846. The fourth-order valence-electron chi connectivity index (χ4n) is 1.70. The molecule has 108 valence electrons. The largest absolute Gasteiger partial charge is 0.495 e. The minimum atomic E-state index is -0.604. The van der Waals surface area contributed by atoms with Gasteiger partial charge in [-0.1, -0.05) is 11.6 Å². The second kappa shape index (κ2) is 6.23. The van der Waals surface area contributed by atoms with Crippen molar-refractivity contribution in [3.63, 3.8) is 0 Å². The van der Waals surface area contributed by atoms with Crippen LogP contribution in [0.5, 0.6) is 5.75 Å². The number of anilines is 1. The lowest BCUT2D eigenvalue weighted by molar-refractivity contribution is 0.0996. The van der Waals surface area contributed by atoms with Crippen molar-refractivity contribution in [2.45, 2.75) is 0 Å². The van der Waals surface area contributed by atoms with Crippen LogP contribution in [0.15, 0.2) is 36.5 Å². The van der Waals surface area contributed by atoms with Crippen LogP contribution in [-0.4, -0.2) is 23.9 Å². The van der Waals surface area contributed by atoms with Gasteiger partial charge in [0.1, 0.15) is 10.9 Å². The molecule has 0 aliphatic carbocycles. The van der Waals surface area contributed by atoms with Gasteiger partial charge in [0.2, 0.25) is 5.91 Å². The molecule has 1 aromatic carbocycles. The molecule has 3 N–H and O–H groups in total. The number of aromatic nitrogens is 1. The van der Waals surface area contributed by atoms with E-state index in [2.05, 4.69) is 10.3 Å². The maximum absolute atomic E-state index is 12.2. The van der Waals surface area contributed by atoms with Gasteiger partial charge in [-0.2, -0.15) is 0 Å². The minimum absolute atomic E-state index is 0.0834. The first-order valence-corrected chi connectivity index (χ1v) is 6.30. The SMILES string of the molecule is COc1ccc(C(N)=O)cc1NC(=O)c1cccnc1Cl. The van der Waals surface area contributed by atoms with Crippen LogP contribution in [-0.2, 0) is 0 Å². The lowest BCUT2D eigenvalue weighted by Gasteiger charge is -2.11. The molecule has 2 amide bonds. The predicted molar refractivity (Wildman–Crippen MR) is 78.7 cm³/mol. The number of hydrogen-bond donors (Lipinski definition) is 2. The lowest BCUT2D eigenvalue weighted by atomic mass is 10.1. The topological polar surface area (TPSA) is 94.3 Å². The number of hydrogen-bond acceptors (Lipinski definition) is 4. The molecular weight excluding hydrogens is 294 g/mol. The molecule has 0 saturated carbocycles. The van der Waals surface area contributed by atoms with Crippen LogP contribution >= 0.6 is 11.6 Å². The van der Waals surface area contributed by atoms with Gasteiger partial charge < -0.3 is 15.8 Å². The molecule has 0 bridgehead atoms. The maximum atomic E-state index is 12.2. The van der Waals surface area contributed by atoms with Gasteiger partial charge >= 0.3 is 0 Å². The predicted octanol–water partition coefficient (Wildman–Crippen LogP) is 2.09. The molecule has 0 unspecified atom stereocenters. The fourth-order valence-corrected chi connectivity index (χ4v) is 1.91. The Hall–Kier alpha value is -2.60. The van der Waals surface area contributed by atoms with Gasteiger partial charge in [0.25, 0.3) is 5.91 Å². The Morgan fingerprint density at radius 1 is 1.33 bits per heavy atom. The van der Waals surface area contributed by atoms with Crippen molar-refractivity contribution >= 4 is 29.1 Å². The van der Waals surface area contributed by atoms with E-state index in [0.717, 1.165) is 0 Å². The first-order valence-electron chi connectivity index (χ1n) is 5.92. The van der Waals surface area contributed by atoms with E-state index < -0.39 is 11.8 Å². The van der Waals surface area contributed by atoms with Gasteiger partial charge in [-0.3, -0.25) is 9.59 Å². The fraction of sp³-hybridized carbons (Fsp3) is 0.0714. The summed E-state index contributed by atoms with van der Waals surface area (Å²) < 4.78 is 5.13. The molecular formula is C14H12ClN3O3. The van der Waals surface area contributed by atoms with Gasteiger partial charge in [0.05, 0.1) is 18.4 Å². The number of pyridine rings is 1. The average molecular weight is 306 g/mol. The first-order chi connectivity index (χ1) is 10.0. The number of nitrogens with zero attached hydrogens (tertiary/aromatic N) is 1. The Labute approximate surface area is 125 Å². The summed E-state index contributed by atoms with van der Waals surface area (Å²) in [4.78, 5) is 27.2. The number of benzene rings is 1. The van der Waals surface area contributed by atoms with Crippen LogP contribution < -0.4 is 15.8 Å². The maximum Gasteiger partial charge on any atom is 0.258 e. The number of halogens is 1. The summed E-state index contributed by atoms with van der Waals surface area (Å²) in [5.41, 5.74) is 6.00. The van der Waals surface area contributed by atoms with E-state index in [-0.39, 0.29) is 16.3 Å². The second-order valence-electron chi connectivity index (χ2n) is 4.08. The van der Waals surface area contributed by atoms with Crippen LogP contribution in [0.2, 0.25) is 5.15 Å². The highest BCUT2D eigenvalue weighted by Crippen LogP contribution is 2.26. The first kappa shape index (κ1) is 14.8. The van der Waals surface area contributed by atoms with Gasteiger partial charge in [-0.05, 0) is 30.3 Å². The smallest absolute Gasteiger partial charge is 0.258 e. The Bertz CT molecular complexity index is 704. The third kappa shape index (κ3) is 3.29. The average Bonchev–Trinajstić information content (AvgIpc) is 2.47. The zero-order chi connectivity index (χ0) is 15.4. The van der Waals surface area contributed by atoms with E-state index in [1.54, 1.807) is 12.1 Å². The summed E-state index contributed by atoms with van der Waals surface area (Å²) in [5, 5.41) is 2.70. The monoisotopic (exact) mass is 305 g/mol. The third-order valence-electron chi connectivity index (χ3n) is 2.74. The van der Waals surface area contributed by atoms with Gasteiger partial charge in [0.15, 0.2) is 0 Å².